The lowest BCUT2D eigenvalue weighted by Gasteiger charge is -2.33. The molecule has 2 heterocycles. The van der Waals surface area contributed by atoms with Crippen LogP contribution >= 0.6 is 0 Å². The van der Waals surface area contributed by atoms with Gasteiger partial charge in [0.25, 0.3) is 0 Å². The zero-order chi connectivity index (χ0) is 20.3. The summed E-state index contributed by atoms with van der Waals surface area (Å²) in [6.45, 7) is -2.29. The monoisotopic (exact) mass is 421 g/mol. The molecular formula is C17H22F3N3O4S. The SMILES string of the molecule is O=C(Nc1ccc(F)cc1OC(F)F)N1CCC(NC2CCS(=O)(=O)C2)CC1. The number of carbonyl (C=O) groups is 1. The first kappa shape index (κ1) is 20.7. The van der Waals surface area contributed by atoms with E-state index >= 15 is 0 Å². The Kier molecular flexibility index (Phi) is 6.33. The van der Waals surface area contributed by atoms with Crippen LogP contribution in [0.15, 0.2) is 18.2 Å². The number of halogens is 3. The summed E-state index contributed by atoms with van der Waals surface area (Å²) in [5.74, 6) is -0.852. The van der Waals surface area contributed by atoms with Gasteiger partial charge in [0.1, 0.15) is 5.82 Å². The third-order valence-corrected chi connectivity index (χ3v) is 6.66. The molecule has 0 bridgehead atoms. The molecule has 3 rings (SSSR count). The Morgan fingerprint density at radius 3 is 2.50 bits per heavy atom. The summed E-state index contributed by atoms with van der Waals surface area (Å²) in [5.41, 5.74) is -0.0388. The van der Waals surface area contributed by atoms with Gasteiger partial charge in [0.15, 0.2) is 15.6 Å². The Labute approximate surface area is 161 Å². The predicted molar refractivity (Wildman–Crippen MR) is 96.8 cm³/mol. The number of likely N-dealkylation sites (tertiary alicyclic amines) is 1. The third-order valence-electron chi connectivity index (χ3n) is 4.89. The first-order chi connectivity index (χ1) is 13.2. The highest BCUT2D eigenvalue weighted by Crippen LogP contribution is 2.27. The zero-order valence-corrected chi connectivity index (χ0v) is 15.9. The van der Waals surface area contributed by atoms with Crippen LogP contribution in [-0.4, -0.2) is 62.6 Å². The Morgan fingerprint density at radius 1 is 1.18 bits per heavy atom. The largest absolute Gasteiger partial charge is 0.432 e. The number of rotatable bonds is 5. The highest BCUT2D eigenvalue weighted by atomic mass is 32.2. The van der Waals surface area contributed by atoms with E-state index in [1.54, 1.807) is 0 Å². The maximum atomic E-state index is 13.3. The van der Waals surface area contributed by atoms with Crippen LogP contribution in [0.25, 0.3) is 0 Å². The van der Waals surface area contributed by atoms with Crippen molar-refractivity contribution in [2.24, 2.45) is 0 Å². The number of hydrogen-bond donors (Lipinski definition) is 2. The first-order valence-corrected chi connectivity index (χ1v) is 10.8. The zero-order valence-electron chi connectivity index (χ0n) is 15.0. The van der Waals surface area contributed by atoms with E-state index in [9.17, 15) is 26.4 Å². The number of piperidine rings is 1. The molecule has 0 saturated carbocycles. The number of benzene rings is 1. The lowest BCUT2D eigenvalue weighted by Crippen LogP contribution is -2.49. The predicted octanol–water partition coefficient (Wildman–Crippen LogP) is 2.20. The maximum Gasteiger partial charge on any atom is 0.387 e. The molecule has 11 heteroatoms. The van der Waals surface area contributed by atoms with Crippen LogP contribution in [0.4, 0.5) is 23.7 Å². The van der Waals surface area contributed by atoms with E-state index in [1.807, 2.05) is 0 Å². The maximum absolute atomic E-state index is 13.3. The van der Waals surface area contributed by atoms with Crippen molar-refractivity contribution in [1.29, 1.82) is 0 Å². The number of urea groups is 1. The quantitative estimate of drug-likeness (QED) is 0.761. The number of anilines is 1. The number of hydrogen-bond acceptors (Lipinski definition) is 5. The van der Waals surface area contributed by atoms with E-state index in [2.05, 4.69) is 15.4 Å². The second-order valence-electron chi connectivity index (χ2n) is 6.98. The van der Waals surface area contributed by atoms with Crippen molar-refractivity contribution < 1.29 is 31.1 Å². The molecule has 2 aliphatic rings. The number of nitrogens with one attached hydrogen (secondary N) is 2. The summed E-state index contributed by atoms with van der Waals surface area (Å²) in [6, 6.07) is 2.56. The topological polar surface area (TPSA) is 87.7 Å². The number of sulfone groups is 1. The summed E-state index contributed by atoms with van der Waals surface area (Å²) in [7, 11) is -2.95. The molecule has 0 spiro atoms. The highest BCUT2D eigenvalue weighted by molar-refractivity contribution is 7.91. The molecule has 2 amide bonds. The fourth-order valence-corrected chi connectivity index (χ4v) is 5.18. The molecular weight excluding hydrogens is 399 g/mol. The van der Waals surface area contributed by atoms with Gasteiger partial charge >= 0.3 is 12.6 Å². The third kappa shape index (κ3) is 5.51. The molecule has 1 atom stereocenters. The fraction of sp³-hybridized carbons (Fsp3) is 0.588. The molecule has 2 N–H and O–H groups in total. The molecule has 1 aromatic carbocycles. The van der Waals surface area contributed by atoms with E-state index in [0.29, 0.717) is 32.4 Å². The molecule has 1 unspecified atom stereocenters. The van der Waals surface area contributed by atoms with Gasteiger partial charge in [0, 0.05) is 31.2 Å². The van der Waals surface area contributed by atoms with Crippen molar-refractivity contribution in [1.82, 2.24) is 10.2 Å². The fourth-order valence-electron chi connectivity index (χ4n) is 3.50. The van der Waals surface area contributed by atoms with Crippen LogP contribution in [0.2, 0.25) is 0 Å². The Hall–Kier alpha value is -2.01. The van der Waals surface area contributed by atoms with Crippen molar-refractivity contribution in [3.05, 3.63) is 24.0 Å². The molecule has 0 aliphatic carbocycles. The average molecular weight is 421 g/mol. The summed E-state index contributed by atoms with van der Waals surface area (Å²) in [6.07, 6.45) is 1.89. The summed E-state index contributed by atoms with van der Waals surface area (Å²) in [5, 5.41) is 5.81. The van der Waals surface area contributed by atoms with E-state index in [0.717, 1.165) is 12.1 Å². The van der Waals surface area contributed by atoms with Crippen LogP contribution in [0.1, 0.15) is 19.3 Å². The molecule has 2 fully saturated rings. The lowest BCUT2D eigenvalue weighted by atomic mass is 10.0. The van der Waals surface area contributed by atoms with Gasteiger partial charge in [-0.25, -0.2) is 17.6 Å². The van der Waals surface area contributed by atoms with Gasteiger partial charge in [0.05, 0.1) is 17.2 Å². The second-order valence-corrected chi connectivity index (χ2v) is 9.21. The van der Waals surface area contributed by atoms with Gasteiger partial charge in [-0.15, -0.1) is 0 Å². The molecule has 0 radical (unpaired) electrons. The summed E-state index contributed by atoms with van der Waals surface area (Å²) >= 11 is 0. The van der Waals surface area contributed by atoms with Crippen molar-refractivity contribution >= 4 is 21.6 Å². The Balaban J connectivity index is 1.52. The van der Waals surface area contributed by atoms with Crippen LogP contribution in [-0.2, 0) is 9.84 Å². The summed E-state index contributed by atoms with van der Waals surface area (Å²) in [4.78, 5) is 13.9. The van der Waals surface area contributed by atoms with Crippen molar-refractivity contribution in [3.8, 4) is 5.75 Å². The van der Waals surface area contributed by atoms with E-state index < -0.39 is 34.0 Å². The Morgan fingerprint density at radius 2 is 1.89 bits per heavy atom. The number of ether oxygens (including phenoxy) is 1. The van der Waals surface area contributed by atoms with Gasteiger partial charge in [-0.05, 0) is 31.4 Å². The lowest BCUT2D eigenvalue weighted by molar-refractivity contribution is -0.0495. The minimum atomic E-state index is -3.14. The standard InChI is InChI=1S/C17H22F3N3O4S/c18-11-1-2-14(15(9-11)27-16(19)20)22-17(24)23-6-3-12(4-7-23)21-13-5-8-28(25,26)10-13/h1-2,9,12-13,16,21H,3-8,10H2,(H,22,24). The normalized spacial score (nSPS) is 22.4. The van der Waals surface area contributed by atoms with Crippen molar-refractivity contribution in [2.45, 2.75) is 38.0 Å². The van der Waals surface area contributed by atoms with Gasteiger partial charge < -0.3 is 20.3 Å². The van der Waals surface area contributed by atoms with E-state index in [1.165, 1.54) is 11.0 Å². The van der Waals surface area contributed by atoms with Crippen molar-refractivity contribution in [3.63, 3.8) is 0 Å². The number of amides is 2. The summed E-state index contributed by atoms with van der Waals surface area (Å²) < 4.78 is 65.5. The number of alkyl halides is 2. The second kappa shape index (κ2) is 8.56. The minimum Gasteiger partial charge on any atom is -0.432 e. The number of nitrogens with zero attached hydrogens (tertiary/aromatic N) is 1. The Bertz CT molecular complexity index is 814. The van der Waals surface area contributed by atoms with Gasteiger partial charge in [-0.1, -0.05) is 0 Å². The van der Waals surface area contributed by atoms with Gasteiger partial charge in [-0.2, -0.15) is 8.78 Å². The first-order valence-electron chi connectivity index (χ1n) is 8.98. The van der Waals surface area contributed by atoms with E-state index in [-0.39, 0.29) is 29.3 Å². The van der Waals surface area contributed by atoms with Crippen molar-refractivity contribution in [2.75, 3.05) is 29.9 Å². The molecule has 28 heavy (non-hydrogen) atoms. The van der Waals surface area contributed by atoms with E-state index in [4.69, 9.17) is 0 Å². The molecule has 1 aromatic rings. The van der Waals surface area contributed by atoms with Crippen LogP contribution in [0.3, 0.4) is 0 Å². The highest BCUT2D eigenvalue weighted by Gasteiger charge is 2.31. The van der Waals surface area contributed by atoms with Gasteiger partial charge in [-0.3, -0.25) is 0 Å². The van der Waals surface area contributed by atoms with Crippen LogP contribution < -0.4 is 15.4 Å². The molecule has 0 aromatic heterocycles. The van der Waals surface area contributed by atoms with Crippen LogP contribution in [0, 0.1) is 5.82 Å². The molecule has 156 valence electrons. The molecule has 2 aliphatic heterocycles. The van der Waals surface area contributed by atoms with Crippen LogP contribution in [0.5, 0.6) is 5.75 Å². The smallest absolute Gasteiger partial charge is 0.387 e. The number of carbonyl (C=O) groups excluding carboxylic acids is 1. The molecule has 7 nitrogen and oxygen atoms in total. The minimum absolute atomic E-state index is 0.0388. The average Bonchev–Trinajstić information content (AvgIpc) is 2.96. The molecule has 2 saturated heterocycles. The van der Waals surface area contributed by atoms with Gasteiger partial charge in [0.2, 0.25) is 0 Å².